The van der Waals surface area contributed by atoms with Crippen LogP contribution in [0.1, 0.15) is 18.5 Å². The molecule has 0 fully saturated rings. The fraction of sp³-hybridized carbons (Fsp3) is 0.455. The Balaban J connectivity index is 3.05. The van der Waals surface area contributed by atoms with E-state index in [-0.39, 0.29) is 12.1 Å². The molecule has 0 aliphatic heterocycles. The van der Waals surface area contributed by atoms with Crippen molar-refractivity contribution in [3.8, 4) is 0 Å². The molecule has 2 unspecified atom stereocenters. The van der Waals surface area contributed by atoms with Crippen molar-refractivity contribution in [2.45, 2.75) is 19.1 Å². The SMILES string of the molecule is CNC(c1cc(Cl)ccc1Cl)C(C)OC. The van der Waals surface area contributed by atoms with Gasteiger partial charge in [0.2, 0.25) is 0 Å². The van der Waals surface area contributed by atoms with Crippen LogP contribution < -0.4 is 5.32 Å². The molecule has 1 N–H and O–H groups in total. The molecule has 1 rings (SSSR count). The molecular formula is C11H15Cl2NO. The minimum absolute atomic E-state index is 0.0333. The Bertz CT molecular complexity index is 330. The Labute approximate surface area is 101 Å². The first-order chi connectivity index (χ1) is 7.10. The van der Waals surface area contributed by atoms with E-state index < -0.39 is 0 Å². The summed E-state index contributed by atoms with van der Waals surface area (Å²) in [7, 11) is 3.55. The van der Waals surface area contributed by atoms with Crippen molar-refractivity contribution in [3.63, 3.8) is 0 Å². The maximum atomic E-state index is 6.12. The van der Waals surface area contributed by atoms with Gasteiger partial charge >= 0.3 is 0 Å². The van der Waals surface area contributed by atoms with Gasteiger partial charge in [0, 0.05) is 17.2 Å². The summed E-state index contributed by atoms with van der Waals surface area (Å²) < 4.78 is 5.29. The molecular weight excluding hydrogens is 233 g/mol. The number of hydrogen-bond donors (Lipinski definition) is 1. The molecule has 0 saturated carbocycles. The third-order valence-corrected chi connectivity index (χ3v) is 3.02. The van der Waals surface area contributed by atoms with E-state index in [0.29, 0.717) is 10.0 Å². The predicted molar refractivity (Wildman–Crippen MR) is 64.7 cm³/mol. The summed E-state index contributed by atoms with van der Waals surface area (Å²) in [4.78, 5) is 0. The Morgan fingerprint density at radius 3 is 2.53 bits per heavy atom. The molecule has 0 amide bonds. The van der Waals surface area contributed by atoms with Crippen molar-refractivity contribution in [1.29, 1.82) is 0 Å². The topological polar surface area (TPSA) is 21.3 Å². The van der Waals surface area contributed by atoms with Crippen LogP contribution in [-0.2, 0) is 4.74 Å². The summed E-state index contributed by atoms with van der Waals surface area (Å²) >= 11 is 12.1. The number of nitrogens with one attached hydrogen (secondary N) is 1. The average Bonchev–Trinajstić information content (AvgIpc) is 2.23. The highest BCUT2D eigenvalue weighted by atomic mass is 35.5. The van der Waals surface area contributed by atoms with Crippen LogP contribution in [0.3, 0.4) is 0 Å². The normalized spacial score (nSPS) is 15.0. The van der Waals surface area contributed by atoms with Gasteiger partial charge in [-0.05, 0) is 37.7 Å². The van der Waals surface area contributed by atoms with E-state index in [9.17, 15) is 0 Å². The fourth-order valence-corrected chi connectivity index (χ4v) is 1.95. The molecule has 0 saturated heterocycles. The van der Waals surface area contributed by atoms with Gasteiger partial charge in [-0.1, -0.05) is 23.2 Å². The number of halogens is 2. The molecule has 2 atom stereocenters. The van der Waals surface area contributed by atoms with E-state index >= 15 is 0 Å². The van der Waals surface area contributed by atoms with Crippen molar-refractivity contribution in [1.82, 2.24) is 5.32 Å². The lowest BCUT2D eigenvalue weighted by atomic mass is 10.0. The zero-order chi connectivity index (χ0) is 11.4. The molecule has 84 valence electrons. The predicted octanol–water partition coefficient (Wildman–Crippen LogP) is 3.29. The molecule has 0 spiro atoms. The third-order valence-electron chi connectivity index (χ3n) is 2.45. The summed E-state index contributed by atoms with van der Waals surface area (Å²) in [5.74, 6) is 0. The lowest BCUT2D eigenvalue weighted by Crippen LogP contribution is -2.28. The van der Waals surface area contributed by atoms with Crippen molar-refractivity contribution in [2.24, 2.45) is 0 Å². The van der Waals surface area contributed by atoms with Crippen molar-refractivity contribution in [3.05, 3.63) is 33.8 Å². The van der Waals surface area contributed by atoms with E-state index in [1.807, 2.05) is 20.0 Å². The zero-order valence-electron chi connectivity index (χ0n) is 9.05. The second-order valence-corrected chi connectivity index (χ2v) is 4.22. The molecule has 4 heteroatoms. The van der Waals surface area contributed by atoms with Gasteiger partial charge in [-0.3, -0.25) is 0 Å². The fourth-order valence-electron chi connectivity index (χ4n) is 1.53. The minimum atomic E-state index is 0.0333. The van der Waals surface area contributed by atoms with Gasteiger partial charge in [-0.2, -0.15) is 0 Å². The van der Waals surface area contributed by atoms with Crippen LogP contribution in [0.2, 0.25) is 10.0 Å². The van der Waals surface area contributed by atoms with Crippen molar-refractivity contribution >= 4 is 23.2 Å². The van der Waals surface area contributed by atoms with Crippen LogP contribution in [0.25, 0.3) is 0 Å². The number of likely N-dealkylation sites (N-methyl/N-ethyl adjacent to an activating group) is 1. The molecule has 0 radical (unpaired) electrons. The Morgan fingerprint density at radius 2 is 2.00 bits per heavy atom. The number of hydrogen-bond acceptors (Lipinski definition) is 2. The Hall–Kier alpha value is -0.280. The van der Waals surface area contributed by atoms with Crippen LogP contribution in [0, 0.1) is 0 Å². The summed E-state index contributed by atoms with van der Waals surface area (Å²) in [6, 6.07) is 5.48. The highest BCUT2D eigenvalue weighted by Gasteiger charge is 2.19. The molecule has 0 aromatic heterocycles. The number of ether oxygens (including phenoxy) is 1. The summed E-state index contributed by atoms with van der Waals surface area (Å²) in [6.45, 7) is 1.98. The summed E-state index contributed by atoms with van der Waals surface area (Å²) in [6.07, 6.45) is 0.0333. The Kier molecular flexibility index (Phi) is 4.87. The molecule has 0 heterocycles. The molecule has 0 aliphatic rings. The molecule has 1 aromatic rings. The van der Waals surface area contributed by atoms with Crippen molar-refractivity contribution < 1.29 is 4.74 Å². The molecule has 1 aromatic carbocycles. The zero-order valence-corrected chi connectivity index (χ0v) is 10.6. The third kappa shape index (κ3) is 3.08. The van der Waals surface area contributed by atoms with Gasteiger partial charge in [-0.25, -0.2) is 0 Å². The lowest BCUT2D eigenvalue weighted by molar-refractivity contribution is 0.0857. The highest BCUT2D eigenvalue weighted by Crippen LogP contribution is 2.28. The number of benzene rings is 1. The minimum Gasteiger partial charge on any atom is -0.380 e. The van der Waals surface area contributed by atoms with E-state index in [1.165, 1.54) is 0 Å². The summed E-state index contributed by atoms with van der Waals surface area (Å²) in [5, 5.41) is 4.54. The number of rotatable bonds is 4. The van der Waals surface area contributed by atoms with Crippen molar-refractivity contribution in [2.75, 3.05) is 14.2 Å². The first-order valence-electron chi connectivity index (χ1n) is 4.75. The molecule has 2 nitrogen and oxygen atoms in total. The second kappa shape index (κ2) is 5.71. The first-order valence-corrected chi connectivity index (χ1v) is 5.50. The maximum Gasteiger partial charge on any atom is 0.0738 e. The van der Waals surface area contributed by atoms with E-state index in [0.717, 1.165) is 5.56 Å². The van der Waals surface area contributed by atoms with Crippen LogP contribution >= 0.6 is 23.2 Å². The monoisotopic (exact) mass is 247 g/mol. The van der Waals surface area contributed by atoms with Gasteiger partial charge < -0.3 is 10.1 Å². The van der Waals surface area contributed by atoms with E-state index in [1.54, 1.807) is 19.2 Å². The highest BCUT2D eigenvalue weighted by molar-refractivity contribution is 6.33. The summed E-state index contributed by atoms with van der Waals surface area (Å²) in [5.41, 5.74) is 0.959. The van der Waals surface area contributed by atoms with Crippen LogP contribution in [-0.4, -0.2) is 20.3 Å². The van der Waals surface area contributed by atoms with Gasteiger partial charge in [0.25, 0.3) is 0 Å². The lowest BCUT2D eigenvalue weighted by Gasteiger charge is -2.23. The van der Waals surface area contributed by atoms with Crippen LogP contribution in [0.4, 0.5) is 0 Å². The average molecular weight is 248 g/mol. The first kappa shape index (κ1) is 12.8. The largest absolute Gasteiger partial charge is 0.380 e. The van der Waals surface area contributed by atoms with E-state index in [4.69, 9.17) is 27.9 Å². The number of methoxy groups -OCH3 is 1. The maximum absolute atomic E-state index is 6.12. The quantitative estimate of drug-likeness (QED) is 0.882. The second-order valence-electron chi connectivity index (χ2n) is 3.37. The smallest absolute Gasteiger partial charge is 0.0738 e. The Morgan fingerprint density at radius 1 is 1.33 bits per heavy atom. The molecule has 0 aliphatic carbocycles. The standard InChI is InChI=1S/C11H15Cl2NO/c1-7(15-3)11(14-2)9-6-8(12)4-5-10(9)13/h4-7,11,14H,1-3H3. The van der Waals surface area contributed by atoms with Gasteiger partial charge in [0.15, 0.2) is 0 Å². The van der Waals surface area contributed by atoms with Gasteiger partial charge in [0.05, 0.1) is 12.1 Å². The molecule has 0 bridgehead atoms. The van der Waals surface area contributed by atoms with Gasteiger partial charge in [0.1, 0.15) is 0 Å². The van der Waals surface area contributed by atoms with Crippen LogP contribution in [0.5, 0.6) is 0 Å². The van der Waals surface area contributed by atoms with Crippen LogP contribution in [0.15, 0.2) is 18.2 Å². The van der Waals surface area contributed by atoms with E-state index in [2.05, 4.69) is 5.32 Å². The molecule has 15 heavy (non-hydrogen) atoms. The van der Waals surface area contributed by atoms with Gasteiger partial charge in [-0.15, -0.1) is 0 Å².